The Morgan fingerprint density at radius 3 is 2.68 bits per heavy atom. The topological polar surface area (TPSA) is 65.0 Å². The molecule has 1 rings (SSSR count). The number of methoxy groups -OCH3 is 1. The molecule has 1 atom stereocenters. The highest BCUT2D eigenvalue weighted by molar-refractivity contribution is 6.30. The van der Waals surface area contributed by atoms with Crippen molar-refractivity contribution >= 4 is 17.6 Å². The number of esters is 1. The van der Waals surface area contributed by atoms with Gasteiger partial charge in [0.25, 0.3) is 0 Å². The highest BCUT2D eigenvalue weighted by atomic mass is 35.5. The molecule has 1 N–H and O–H groups in total. The van der Waals surface area contributed by atoms with Gasteiger partial charge >= 0.3 is 5.97 Å². The van der Waals surface area contributed by atoms with Crippen molar-refractivity contribution in [2.24, 2.45) is 0 Å². The second-order valence-corrected chi connectivity index (χ2v) is 4.20. The van der Waals surface area contributed by atoms with E-state index in [9.17, 15) is 9.90 Å². The van der Waals surface area contributed by atoms with Crippen LogP contribution in [0.5, 0.6) is 11.5 Å². The lowest BCUT2D eigenvalue weighted by atomic mass is 10.2. The van der Waals surface area contributed by atoms with E-state index in [0.717, 1.165) is 0 Å². The first-order valence-electron chi connectivity index (χ1n) is 5.84. The number of hydrogen-bond donors (Lipinski definition) is 1. The normalized spacial score (nSPS) is 11.8. The number of carbonyl (C=O) groups excluding carboxylic acids is 1. The van der Waals surface area contributed by atoms with Crippen LogP contribution in [0.3, 0.4) is 0 Å². The molecule has 5 nitrogen and oxygen atoms in total. The summed E-state index contributed by atoms with van der Waals surface area (Å²) in [7, 11) is 1.45. The SMILES string of the molecule is CCOC(=O)C(C)Oc1c(CO)cc(Cl)cc1OC. The third-order valence-electron chi connectivity index (χ3n) is 2.40. The number of halogens is 1. The van der Waals surface area contributed by atoms with Gasteiger partial charge in [0.05, 0.1) is 20.3 Å². The van der Waals surface area contributed by atoms with E-state index >= 15 is 0 Å². The van der Waals surface area contributed by atoms with Gasteiger partial charge in [0.15, 0.2) is 17.6 Å². The van der Waals surface area contributed by atoms with Crippen LogP contribution in [-0.4, -0.2) is 30.9 Å². The van der Waals surface area contributed by atoms with Crippen molar-refractivity contribution < 1.29 is 24.1 Å². The molecular formula is C13H17ClO5. The molecular weight excluding hydrogens is 272 g/mol. The molecule has 0 bridgehead atoms. The molecule has 0 fully saturated rings. The Hall–Kier alpha value is -1.46. The van der Waals surface area contributed by atoms with Gasteiger partial charge in [-0.15, -0.1) is 0 Å². The van der Waals surface area contributed by atoms with Crippen LogP contribution in [0.25, 0.3) is 0 Å². The lowest BCUT2D eigenvalue weighted by Crippen LogP contribution is -2.26. The first-order valence-corrected chi connectivity index (χ1v) is 6.21. The summed E-state index contributed by atoms with van der Waals surface area (Å²) in [6.45, 7) is 3.28. The molecule has 0 aliphatic rings. The van der Waals surface area contributed by atoms with Crippen LogP contribution < -0.4 is 9.47 Å². The molecule has 0 heterocycles. The van der Waals surface area contributed by atoms with Crippen molar-refractivity contribution in [3.05, 3.63) is 22.7 Å². The van der Waals surface area contributed by atoms with E-state index in [4.69, 9.17) is 25.8 Å². The highest BCUT2D eigenvalue weighted by Gasteiger charge is 2.20. The summed E-state index contributed by atoms with van der Waals surface area (Å²) < 4.78 is 15.5. The Bertz CT molecular complexity index is 422. The Labute approximate surface area is 117 Å². The first-order chi connectivity index (χ1) is 9.03. The fraction of sp³-hybridized carbons (Fsp3) is 0.462. The Morgan fingerprint density at radius 1 is 1.47 bits per heavy atom. The number of aliphatic hydroxyl groups excluding tert-OH is 1. The minimum absolute atomic E-state index is 0.275. The van der Waals surface area contributed by atoms with Gasteiger partial charge in [0.2, 0.25) is 0 Å². The smallest absolute Gasteiger partial charge is 0.347 e. The quantitative estimate of drug-likeness (QED) is 0.813. The van der Waals surface area contributed by atoms with E-state index in [1.807, 2.05) is 0 Å². The van der Waals surface area contributed by atoms with Crippen molar-refractivity contribution in [1.29, 1.82) is 0 Å². The maximum Gasteiger partial charge on any atom is 0.347 e. The Balaban J connectivity index is 3.01. The van der Waals surface area contributed by atoms with Crippen molar-refractivity contribution in [2.75, 3.05) is 13.7 Å². The Kier molecular flexibility index (Phi) is 5.92. The van der Waals surface area contributed by atoms with Crippen LogP contribution in [0.2, 0.25) is 5.02 Å². The molecule has 1 unspecified atom stereocenters. The van der Waals surface area contributed by atoms with Gasteiger partial charge in [-0.3, -0.25) is 0 Å². The van der Waals surface area contributed by atoms with Gasteiger partial charge in [-0.05, 0) is 19.9 Å². The first kappa shape index (κ1) is 15.6. The van der Waals surface area contributed by atoms with Crippen LogP contribution >= 0.6 is 11.6 Å². The van der Waals surface area contributed by atoms with Crippen LogP contribution in [0.15, 0.2) is 12.1 Å². The minimum atomic E-state index is -0.805. The summed E-state index contributed by atoms with van der Waals surface area (Å²) >= 11 is 5.89. The van der Waals surface area contributed by atoms with E-state index in [2.05, 4.69) is 0 Å². The van der Waals surface area contributed by atoms with Crippen LogP contribution in [0.4, 0.5) is 0 Å². The van der Waals surface area contributed by atoms with Crippen molar-refractivity contribution in [3.8, 4) is 11.5 Å². The molecule has 6 heteroatoms. The van der Waals surface area contributed by atoms with Crippen molar-refractivity contribution in [2.45, 2.75) is 26.6 Å². The molecule has 0 spiro atoms. The fourth-order valence-corrected chi connectivity index (χ4v) is 1.74. The van der Waals surface area contributed by atoms with Gasteiger partial charge in [-0.2, -0.15) is 0 Å². The Morgan fingerprint density at radius 2 is 2.16 bits per heavy atom. The molecule has 0 aliphatic carbocycles. The van der Waals surface area contributed by atoms with Gasteiger partial charge in [-0.25, -0.2) is 4.79 Å². The summed E-state index contributed by atoms with van der Waals surface area (Å²) in [5.74, 6) is 0.158. The van der Waals surface area contributed by atoms with Crippen molar-refractivity contribution in [1.82, 2.24) is 0 Å². The second-order valence-electron chi connectivity index (χ2n) is 3.77. The molecule has 0 aromatic heterocycles. The third-order valence-corrected chi connectivity index (χ3v) is 2.62. The maximum atomic E-state index is 11.5. The zero-order valence-corrected chi connectivity index (χ0v) is 11.9. The predicted octanol–water partition coefficient (Wildman–Crippen LogP) is 2.17. The summed E-state index contributed by atoms with van der Waals surface area (Å²) in [5.41, 5.74) is 0.445. The number of carbonyl (C=O) groups is 1. The lowest BCUT2D eigenvalue weighted by Gasteiger charge is -2.18. The number of aliphatic hydroxyl groups is 1. The molecule has 19 heavy (non-hydrogen) atoms. The fourth-order valence-electron chi connectivity index (χ4n) is 1.51. The average Bonchev–Trinajstić information content (AvgIpc) is 2.40. The van der Waals surface area contributed by atoms with Crippen LogP contribution in [0, 0.1) is 0 Å². The largest absolute Gasteiger partial charge is 0.493 e. The average molecular weight is 289 g/mol. The molecule has 0 radical (unpaired) electrons. The van der Waals surface area contributed by atoms with E-state index in [-0.39, 0.29) is 19.0 Å². The summed E-state index contributed by atoms with van der Waals surface area (Å²) in [5, 5.41) is 9.72. The highest BCUT2D eigenvalue weighted by Crippen LogP contribution is 2.35. The molecule has 1 aromatic rings. The van der Waals surface area contributed by atoms with E-state index in [1.165, 1.54) is 7.11 Å². The van der Waals surface area contributed by atoms with Crippen LogP contribution in [0.1, 0.15) is 19.4 Å². The molecule has 1 aromatic carbocycles. The van der Waals surface area contributed by atoms with Gasteiger partial charge in [0, 0.05) is 16.7 Å². The molecule has 0 saturated carbocycles. The summed E-state index contributed by atoms with van der Waals surface area (Å²) in [4.78, 5) is 11.5. The van der Waals surface area contributed by atoms with E-state index < -0.39 is 12.1 Å². The minimum Gasteiger partial charge on any atom is -0.493 e. The third kappa shape index (κ3) is 4.01. The number of ether oxygens (including phenoxy) is 3. The second kappa shape index (κ2) is 7.21. The zero-order valence-electron chi connectivity index (χ0n) is 11.1. The molecule has 0 amide bonds. The van der Waals surface area contributed by atoms with E-state index in [0.29, 0.717) is 16.3 Å². The number of rotatable bonds is 6. The molecule has 0 aliphatic heterocycles. The maximum absolute atomic E-state index is 11.5. The van der Waals surface area contributed by atoms with Crippen LogP contribution in [-0.2, 0) is 16.1 Å². The monoisotopic (exact) mass is 288 g/mol. The summed E-state index contributed by atoms with van der Waals surface area (Å²) in [6.07, 6.45) is -0.805. The van der Waals surface area contributed by atoms with Gasteiger partial charge in [-0.1, -0.05) is 11.6 Å². The number of hydrogen-bond acceptors (Lipinski definition) is 5. The van der Waals surface area contributed by atoms with Gasteiger partial charge < -0.3 is 19.3 Å². The standard InChI is InChI=1S/C13H17ClO5/c1-4-18-13(16)8(2)19-12-9(7-15)5-10(14)6-11(12)17-3/h5-6,8,15H,4,7H2,1-3H3. The van der Waals surface area contributed by atoms with E-state index in [1.54, 1.807) is 26.0 Å². The zero-order chi connectivity index (χ0) is 14.4. The molecule has 0 saturated heterocycles. The lowest BCUT2D eigenvalue weighted by molar-refractivity contribution is -0.150. The summed E-state index contributed by atoms with van der Waals surface area (Å²) in [6, 6.07) is 3.10. The molecule has 106 valence electrons. The predicted molar refractivity (Wildman–Crippen MR) is 70.6 cm³/mol. The van der Waals surface area contributed by atoms with Crippen molar-refractivity contribution in [3.63, 3.8) is 0 Å². The van der Waals surface area contributed by atoms with Gasteiger partial charge in [0.1, 0.15) is 0 Å². The number of benzene rings is 1.